The first-order valence-corrected chi connectivity index (χ1v) is 6.22. The van der Waals surface area contributed by atoms with E-state index in [0.29, 0.717) is 5.92 Å². The van der Waals surface area contributed by atoms with E-state index in [9.17, 15) is 13.6 Å². The van der Waals surface area contributed by atoms with E-state index in [-0.39, 0.29) is 17.4 Å². The van der Waals surface area contributed by atoms with Crippen LogP contribution in [-0.2, 0) is 0 Å². The number of nitrogens with zero attached hydrogens (tertiary/aromatic N) is 1. The molecule has 1 aliphatic heterocycles. The second-order valence-corrected chi connectivity index (χ2v) is 5.05. The summed E-state index contributed by atoms with van der Waals surface area (Å²) >= 11 is 0. The van der Waals surface area contributed by atoms with Crippen LogP contribution in [0.1, 0.15) is 30.6 Å². The monoisotopic (exact) mass is 253 g/mol. The summed E-state index contributed by atoms with van der Waals surface area (Å²) in [7, 11) is 0. The summed E-state index contributed by atoms with van der Waals surface area (Å²) in [5.74, 6) is -1.15. The Morgan fingerprint density at radius 1 is 1.44 bits per heavy atom. The number of carbonyl (C=O) groups is 1. The van der Waals surface area contributed by atoms with Crippen LogP contribution >= 0.6 is 0 Å². The topological polar surface area (TPSA) is 20.3 Å². The predicted octanol–water partition coefficient (Wildman–Crippen LogP) is 2.88. The van der Waals surface area contributed by atoms with Gasteiger partial charge >= 0.3 is 0 Å². The van der Waals surface area contributed by atoms with Crippen molar-refractivity contribution in [2.24, 2.45) is 5.92 Å². The zero-order valence-corrected chi connectivity index (χ0v) is 10.6. The maximum absolute atomic E-state index is 13.5. The van der Waals surface area contributed by atoms with Crippen LogP contribution in [0.5, 0.6) is 0 Å². The van der Waals surface area contributed by atoms with Gasteiger partial charge in [-0.15, -0.1) is 0 Å². The van der Waals surface area contributed by atoms with Crippen molar-refractivity contribution in [1.29, 1.82) is 0 Å². The van der Waals surface area contributed by atoms with E-state index < -0.39 is 11.6 Å². The van der Waals surface area contributed by atoms with Crippen molar-refractivity contribution in [3.05, 3.63) is 35.4 Å². The van der Waals surface area contributed by atoms with Gasteiger partial charge in [-0.05, 0) is 37.9 Å². The van der Waals surface area contributed by atoms with E-state index >= 15 is 0 Å². The number of halogens is 2. The largest absolute Gasteiger partial charge is 0.293 e. The zero-order chi connectivity index (χ0) is 13.3. The van der Waals surface area contributed by atoms with Gasteiger partial charge in [0.15, 0.2) is 5.78 Å². The number of hydrogen-bond acceptors (Lipinski definition) is 2. The number of hydrogen-bond donors (Lipinski definition) is 0. The number of ketones is 1. The molecule has 0 aliphatic carbocycles. The first kappa shape index (κ1) is 13.1. The van der Waals surface area contributed by atoms with Gasteiger partial charge in [-0.3, -0.25) is 9.69 Å². The van der Waals surface area contributed by atoms with Crippen LogP contribution in [0.25, 0.3) is 0 Å². The van der Waals surface area contributed by atoms with Crippen molar-refractivity contribution in [2.75, 3.05) is 13.1 Å². The quantitative estimate of drug-likeness (QED) is 0.772. The molecule has 4 heteroatoms. The molecule has 0 saturated carbocycles. The molecule has 1 aromatic carbocycles. The average molecular weight is 253 g/mol. The Labute approximate surface area is 106 Å². The van der Waals surface area contributed by atoms with Gasteiger partial charge in [0.1, 0.15) is 11.6 Å². The fraction of sp³-hybridized carbons (Fsp3) is 0.500. The summed E-state index contributed by atoms with van der Waals surface area (Å²) in [5, 5.41) is 0. The van der Waals surface area contributed by atoms with Gasteiger partial charge in [0.2, 0.25) is 0 Å². The van der Waals surface area contributed by atoms with Crippen LogP contribution in [0.4, 0.5) is 8.78 Å². The summed E-state index contributed by atoms with van der Waals surface area (Å²) in [6.07, 6.45) is 1.06. The normalized spacial score (nSPS) is 22.1. The Morgan fingerprint density at radius 2 is 2.17 bits per heavy atom. The van der Waals surface area contributed by atoms with Gasteiger partial charge in [0, 0.05) is 12.6 Å². The van der Waals surface area contributed by atoms with E-state index in [1.165, 1.54) is 6.07 Å². The lowest BCUT2D eigenvalue weighted by molar-refractivity contribution is 0.0859. The first-order valence-electron chi connectivity index (χ1n) is 6.22. The lowest BCUT2D eigenvalue weighted by Gasteiger charge is -2.23. The molecular formula is C14H17F2NO. The molecule has 1 saturated heterocycles. The maximum Gasteiger partial charge on any atom is 0.182 e. The van der Waals surface area contributed by atoms with Gasteiger partial charge in [-0.1, -0.05) is 6.92 Å². The first-order chi connectivity index (χ1) is 8.49. The minimum Gasteiger partial charge on any atom is -0.293 e. The average Bonchev–Trinajstić information content (AvgIpc) is 2.74. The Balaban J connectivity index is 2.15. The van der Waals surface area contributed by atoms with E-state index in [0.717, 1.165) is 31.6 Å². The predicted molar refractivity (Wildman–Crippen MR) is 65.5 cm³/mol. The highest BCUT2D eigenvalue weighted by atomic mass is 19.1. The minimum absolute atomic E-state index is 0.0246. The van der Waals surface area contributed by atoms with Crippen molar-refractivity contribution in [1.82, 2.24) is 4.90 Å². The van der Waals surface area contributed by atoms with E-state index in [2.05, 4.69) is 11.8 Å². The minimum atomic E-state index is -0.779. The van der Waals surface area contributed by atoms with Crippen molar-refractivity contribution in [3.63, 3.8) is 0 Å². The molecule has 2 atom stereocenters. The number of benzene rings is 1. The molecule has 0 amide bonds. The van der Waals surface area contributed by atoms with Crippen LogP contribution in [0.15, 0.2) is 18.2 Å². The van der Waals surface area contributed by atoms with Gasteiger partial charge in [0.05, 0.1) is 11.6 Å². The molecule has 1 aromatic rings. The van der Waals surface area contributed by atoms with E-state index in [1.54, 1.807) is 6.92 Å². The van der Waals surface area contributed by atoms with Crippen molar-refractivity contribution >= 4 is 5.78 Å². The molecule has 0 bridgehead atoms. The lowest BCUT2D eigenvalue weighted by atomic mass is 10.0. The maximum atomic E-state index is 13.5. The van der Waals surface area contributed by atoms with E-state index in [4.69, 9.17) is 0 Å². The van der Waals surface area contributed by atoms with Gasteiger partial charge in [-0.25, -0.2) is 8.78 Å². The molecule has 18 heavy (non-hydrogen) atoms. The number of likely N-dealkylation sites (tertiary alicyclic amines) is 1. The molecule has 1 heterocycles. The molecular weight excluding hydrogens is 236 g/mol. The third-order valence-electron chi connectivity index (χ3n) is 3.58. The van der Waals surface area contributed by atoms with Crippen molar-refractivity contribution in [3.8, 4) is 0 Å². The summed E-state index contributed by atoms with van der Waals surface area (Å²) in [6, 6.07) is 2.75. The zero-order valence-electron chi connectivity index (χ0n) is 10.6. The Kier molecular flexibility index (Phi) is 3.76. The standard InChI is InChI=1S/C14H17F2NO/c1-9-5-6-17(8-9)10(2)14(18)12-4-3-11(15)7-13(12)16/h3-4,7,9-10H,5-6,8H2,1-2H3. The summed E-state index contributed by atoms with van der Waals surface area (Å²) < 4.78 is 26.3. The number of Topliss-reactive ketones (excluding diaryl/α,β-unsaturated/α-hetero) is 1. The van der Waals surface area contributed by atoms with Crippen LogP contribution in [-0.4, -0.2) is 29.8 Å². The fourth-order valence-electron chi connectivity index (χ4n) is 2.40. The molecule has 0 spiro atoms. The fourth-order valence-corrected chi connectivity index (χ4v) is 2.40. The molecule has 98 valence electrons. The highest BCUT2D eigenvalue weighted by molar-refractivity contribution is 6.00. The van der Waals surface area contributed by atoms with Crippen molar-refractivity contribution < 1.29 is 13.6 Å². The second kappa shape index (κ2) is 5.14. The number of rotatable bonds is 3. The van der Waals surface area contributed by atoms with Gasteiger partial charge in [-0.2, -0.15) is 0 Å². The van der Waals surface area contributed by atoms with Gasteiger partial charge < -0.3 is 0 Å². The molecule has 0 aromatic heterocycles. The smallest absolute Gasteiger partial charge is 0.182 e. The van der Waals surface area contributed by atoms with Crippen LogP contribution in [0.2, 0.25) is 0 Å². The number of carbonyl (C=O) groups excluding carboxylic acids is 1. The van der Waals surface area contributed by atoms with Crippen LogP contribution in [0.3, 0.4) is 0 Å². The molecule has 2 unspecified atom stereocenters. The highest BCUT2D eigenvalue weighted by Crippen LogP contribution is 2.21. The third kappa shape index (κ3) is 2.58. The van der Waals surface area contributed by atoms with Crippen LogP contribution < -0.4 is 0 Å². The molecule has 2 nitrogen and oxygen atoms in total. The van der Waals surface area contributed by atoms with Gasteiger partial charge in [0.25, 0.3) is 0 Å². The Morgan fingerprint density at radius 3 is 2.72 bits per heavy atom. The summed E-state index contributed by atoms with van der Waals surface area (Å²) in [6.45, 7) is 5.63. The Hall–Kier alpha value is -1.29. The lowest BCUT2D eigenvalue weighted by Crippen LogP contribution is -2.37. The molecule has 2 rings (SSSR count). The summed E-state index contributed by atoms with van der Waals surface area (Å²) in [4.78, 5) is 14.2. The molecule has 0 radical (unpaired) electrons. The molecule has 1 aliphatic rings. The van der Waals surface area contributed by atoms with E-state index in [1.807, 2.05) is 0 Å². The highest BCUT2D eigenvalue weighted by Gasteiger charge is 2.29. The second-order valence-electron chi connectivity index (χ2n) is 5.05. The molecule has 1 fully saturated rings. The third-order valence-corrected chi connectivity index (χ3v) is 3.58. The van der Waals surface area contributed by atoms with Crippen LogP contribution in [0, 0.1) is 17.6 Å². The Bertz CT molecular complexity index is 461. The van der Waals surface area contributed by atoms with Crippen molar-refractivity contribution in [2.45, 2.75) is 26.3 Å². The molecule has 0 N–H and O–H groups in total. The SMILES string of the molecule is CC1CCN(C(C)C(=O)c2ccc(F)cc2F)C1. The summed E-state index contributed by atoms with van der Waals surface area (Å²) in [5.41, 5.74) is -0.0246.